The minimum atomic E-state index is -4.55. The third kappa shape index (κ3) is 15.4. The number of fused-ring (bicyclic) bond motifs is 5. The van der Waals surface area contributed by atoms with Crippen molar-refractivity contribution < 1.29 is 67.0 Å². The van der Waals surface area contributed by atoms with Gasteiger partial charge in [0, 0.05) is 49.8 Å². The zero-order valence-electron chi connectivity index (χ0n) is 41.7. The molecule has 0 saturated heterocycles. The van der Waals surface area contributed by atoms with Crippen LogP contribution in [0.2, 0.25) is 0 Å². The van der Waals surface area contributed by atoms with Gasteiger partial charge in [-0.25, -0.2) is 19.9 Å². The highest BCUT2D eigenvalue weighted by molar-refractivity contribution is 7.87. The fourth-order valence-corrected chi connectivity index (χ4v) is 7.87. The lowest BCUT2D eigenvalue weighted by Crippen LogP contribution is -2.57. The number of aliphatic hydroxyl groups is 2. The van der Waals surface area contributed by atoms with E-state index in [1.54, 1.807) is 24.3 Å². The van der Waals surface area contributed by atoms with Gasteiger partial charge in [0.05, 0.1) is 12.3 Å². The highest BCUT2D eigenvalue weighted by Crippen LogP contribution is 2.45. The van der Waals surface area contributed by atoms with Crippen LogP contribution in [0.1, 0.15) is 67.3 Å². The van der Waals surface area contributed by atoms with Gasteiger partial charge in [0.15, 0.2) is 17.3 Å². The maximum Gasteiger partial charge on any atom is 0.326 e. The number of benzene rings is 3. The number of ether oxygens (including phenoxy) is 3. The Morgan fingerprint density at radius 2 is 1.54 bits per heavy atom. The van der Waals surface area contributed by atoms with Crippen molar-refractivity contribution in [2.45, 2.75) is 83.8 Å². The molecule has 3 aromatic carbocycles. The number of aliphatic hydroxyl groups excluding tert-OH is 2. The van der Waals surface area contributed by atoms with E-state index in [4.69, 9.17) is 36.6 Å². The standard InChI is InChI=1S/C48H65N11O14S/c1-24-38(41(51)58-42(54-24)27-8-10-31(11-9-27)71-14-13-48(3,4)5)44(64)57-35(21-53-74(52,69)70)46(66)59(6)39-28-17-33(40(62)37(18-28)73-23-30(61)20-50)32-15-26(7-12-36(32)72-22-29(60)19-49)16-34(47(67)68)56-43(63)25(2)55-45(39)65/h7-12,15,17-18,25,29-30,34-35,39,53,60-62H,13-14,16,19-23,49-50H2,1-6H3,(H,55,65)(H,56,63)(H,57,64)(H,67,68)(H2,51,54,58)(H2,52,69,70)/t25-,29?,30?,34-,35?,39-/m0/s1. The predicted octanol–water partition coefficient (Wildman–Crippen LogP) is -0.660. The van der Waals surface area contributed by atoms with Crippen LogP contribution in [0.5, 0.6) is 23.0 Å². The van der Waals surface area contributed by atoms with Crippen LogP contribution in [0.15, 0.2) is 54.6 Å². The molecule has 5 rings (SSSR count). The first-order valence-electron chi connectivity index (χ1n) is 23.3. The van der Waals surface area contributed by atoms with Gasteiger partial charge < -0.3 is 72.7 Å². The summed E-state index contributed by atoms with van der Waals surface area (Å²) in [6.07, 6.45) is -1.91. The molecule has 2 heterocycles. The Morgan fingerprint density at radius 1 is 0.905 bits per heavy atom. The summed E-state index contributed by atoms with van der Waals surface area (Å²) in [5.41, 5.74) is 18.0. The second-order valence-electron chi connectivity index (χ2n) is 18.8. The van der Waals surface area contributed by atoms with Crippen LogP contribution in [0.25, 0.3) is 22.5 Å². The predicted molar refractivity (Wildman–Crippen MR) is 270 cm³/mol. The molecule has 26 heteroatoms. The van der Waals surface area contributed by atoms with Gasteiger partial charge in [-0.15, -0.1) is 0 Å². The number of nitrogens with one attached hydrogen (secondary N) is 4. The van der Waals surface area contributed by atoms with Gasteiger partial charge in [0.1, 0.15) is 72.5 Å². The lowest BCUT2D eigenvalue weighted by atomic mass is 9.93. The third-order valence-electron chi connectivity index (χ3n) is 11.6. The van der Waals surface area contributed by atoms with Gasteiger partial charge in [-0.3, -0.25) is 19.2 Å². The zero-order chi connectivity index (χ0) is 54.8. The number of nitrogens with two attached hydrogens (primary N) is 4. The van der Waals surface area contributed by atoms with Crippen molar-refractivity contribution in [2.75, 3.05) is 52.2 Å². The molecule has 402 valence electrons. The largest absolute Gasteiger partial charge is 0.504 e. The summed E-state index contributed by atoms with van der Waals surface area (Å²) >= 11 is 0. The Kier molecular flexibility index (Phi) is 19.2. The van der Waals surface area contributed by atoms with Crippen molar-refractivity contribution in [1.29, 1.82) is 0 Å². The number of phenolic OH excluding ortho intramolecular Hbond substituents is 1. The van der Waals surface area contributed by atoms with Gasteiger partial charge in [0.25, 0.3) is 16.1 Å². The molecule has 3 unspecified atom stereocenters. The van der Waals surface area contributed by atoms with Gasteiger partial charge in [0.2, 0.25) is 17.7 Å². The molecule has 0 aliphatic carbocycles. The Morgan fingerprint density at radius 3 is 2.12 bits per heavy atom. The molecular weight excluding hydrogens is 987 g/mol. The number of nitrogen functional groups attached to an aromatic ring is 1. The molecule has 0 fully saturated rings. The van der Waals surface area contributed by atoms with E-state index in [1.807, 2.05) is 4.72 Å². The molecule has 74 heavy (non-hydrogen) atoms. The number of anilines is 1. The third-order valence-corrected chi connectivity index (χ3v) is 12.2. The van der Waals surface area contributed by atoms with Gasteiger partial charge in [-0.2, -0.15) is 13.1 Å². The number of amides is 4. The number of phenols is 1. The van der Waals surface area contributed by atoms with E-state index in [0.29, 0.717) is 23.5 Å². The molecule has 1 aliphatic rings. The minimum Gasteiger partial charge on any atom is -0.504 e. The summed E-state index contributed by atoms with van der Waals surface area (Å²) in [6.45, 7) is 7.29. The lowest BCUT2D eigenvalue weighted by Gasteiger charge is -2.33. The summed E-state index contributed by atoms with van der Waals surface area (Å²) in [4.78, 5) is 79.5. The summed E-state index contributed by atoms with van der Waals surface area (Å²) in [7, 11) is -3.44. The molecule has 0 radical (unpaired) electrons. The van der Waals surface area contributed by atoms with Gasteiger partial charge in [-0.05, 0) is 85.3 Å². The highest BCUT2D eigenvalue weighted by Gasteiger charge is 2.38. The SMILES string of the molecule is Cc1nc(-c2ccc(OCCC(C)(C)C)cc2)nc(N)c1C(=O)NC(CNS(N)(=O)=O)C(=O)N(C)[C@@H]1C(=O)N[C@@H](C)C(=O)N[C@H](C(=O)O)Cc2ccc(OCC(O)CN)c(c2)-c2cc1cc(OCC(O)CN)c2O. The number of aryl methyl sites for hydroxylation is 1. The first-order chi connectivity index (χ1) is 34.7. The van der Waals surface area contributed by atoms with Crippen molar-refractivity contribution in [1.82, 2.24) is 35.5 Å². The van der Waals surface area contributed by atoms with Crippen LogP contribution < -0.4 is 57.2 Å². The number of carbonyl (C=O) groups excluding carboxylic acids is 4. The van der Waals surface area contributed by atoms with E-state index in [9.17, 15) is 52.8 Å². The first kappa shape index (κ1) is 57.7. The monoisotopic (exact) mass is 1050 g/mol. The number of likely N-dealkylation sites (N-methyl/N-ethyl adjacent to an activating group) is 1. The number of carbonyl (C=O) groups is 5. The van der Waals surface area contributed by atoms with Crippen LogP contribution >= 0.6 is 0 Å². The second-order valence-corrected chi connectivity index (χ2v) is 20.2. The number of rotatable bonds is 20. The maximum absolute atomic E-state index is 14.9. The van der Waals surface area contributed by atoms with Crippen LogP contribution in [0.3, 0.4) is 0 Å². The number of aromatic hydroxyl groups is 1. The lowest BCUT2D eigenvalue weighted by molar-refractivity contribution is -0.143. The average molecular weight is 1050 g/mol. The first-order valence-corrected chi connectivity index (χ1v) is 24.8. The molecule has 6 atom stereocenters. The van der Waals surface area contributed by atoms with E-state index in [-0.39, 0.29) is 82.6 Å². The molecule has 25 nitrogen and oxygen atoms in total. The fraction of sp³-hybridized carbons (Fsp3) is 0.438. The van der Waals surface area contributed by atoms with Crippen molar-refractivity contribution in [3.63, 3.8) is 0 Å². The summed E-state index contributed by atoms with van der Waals surface area (Å²) < 4.78 is 44.2. The smallest absolute Gasteiger partial charge is 0.326 e. The Balaban J connectivity index is 1.62. The van der Waals surface area contributed by atoms with Crippen molar-refractivity contribution in [3.8, 4) is 45.5 Å². The zero-order valence-corrected chi connectivity index (χ0v) is 42.6. The topological polar surface area (TPSA) is 409 Å². The second kappa shape index (κ2) is 24.7. The quantitative estimate of drug-likeness (QED) is 0.0523. The average Bonchev–Trinajstić information content (AvgIpc) is 3.32. The van der Waals surface area contributed by atoms with Crippen molar-refractivity contribution in [2.24, 2.45) is 22.0 Å². The number of carboxylic acids is 1. The Hall–Kier alpha value is -7.20. The molecule has 0 spiro atoms. The number of nitrogens with zero attached hydrogens (tertiary/aromatic N) is 3. The number of hydrogen-bond acceptors (Lipinski definition) is 18. The molecule has 4 bridgehead atoms. The Labute approximate surface area is 427 Å². The molecule has 4 amide bonds. The Bertz CT molecular complexity index is 2790. The number of aliphatic carboxylic acids is 1. The number of carboxylic acid groups (broad SMARTS) is 1. The molecule has 1 aromatic heterocycles. The van der Waals surface area contributed by atoms with Gasteiger partial charge >= 0.3 is 5.97 Å². The molecular formula is C48H65N11O14S. The maximum atomic E-state index is 14.9. The number of aromatic nitrogens is 2. The summed E-state index contributed by atoms with van der Waals surface area (Å²) in [5, 5.41) is 55.4. The van der Waals surface area contributed by atoms with E-state index < -0.39 is 95.1 Å². The van der Waals surface area contributed by atoms with Crippen LogP contribution in [-0.2, 0) is 35.8 Å². The van der Waals surface area contributed by atoms with E-state index >= 15 is 0 Å². The van der Waals surface area contributed by atoms with Crippen LogP contribution in [-0.4, -0.2) is 150 Å². The van der Waals surface area contributed by atoms with Gasteiger partial charge in [-0.1, -0.05) is 26.8 Å². The fourth-order valence-electron chi connectivity index (χ4n) is 7.48. The highest BCUT2D eigenvalue weighted by atomic mass is 32.2. The summed E-state index contributed by atoms with van der Waals surface area (Å²) in [6, 6.07) is 6.83. The van der Waals surface area contributed by atoms with E-state index in [2.05, 4.69) is 46.7 Å². The van der Waals surface area contributed by atoms with Crippen molar-refractivity contribution in [3.05, 3.63) is 77.0 Å². The minimum absolute atomic E-state index is 0.00157. The molecule has 4 aromatic rings. The number of hydrogen-bond donors (Lipinski definition) is 12. The molecule has 1 aliphatic heterocycles. The van der Waals surface area contributed by atoms with Crippen LogP contribution in [0, 0.1) is 12.3 Å². The van der Waals surface area contributed by atoms with Crippen molar-refractivity contribution >= 4 is 45.6 Å². The molecule has 0 saturated carbocycles. The van der Waals surface area contributed by atoms with Crippen LogP contribution in [0.4, 0.5) is 5.82 Å². The van der Waals surface area contributed by atoms with E-state index in [0.717, 1.165) is 24.4 Å². The normalized spacial score (nSPS) is 17.4. The van der Waals surface area contributed by atoms with E-state index in [1.165, 1.54) is 38.1 Å². The summed E-state index contributed by atoms with van der Waals surface area (Å²) in [5.74, 6) is -6.20. The molecule has 16 N–H and O–H groups in total.